The van der Waals surface area contributed by atoms with Gasteiger partial charge in [0.15, 0.2) is 0 Å². The first-order chi connectivity index (χ1) is 6.61. The van der Waals surface area contributed by atoms with Crippen molar-refractivity contribution in [2.75, 3.05) is 19.6 Å². The molecular weight excluding hydrogens is 178 g/mol. The molecular formula is C11H21NO2. The summed E-state index contributed by atoms with van der Waals surface area (Å²) in [7, 11) is 0. The first-order valence-corrected chi connectivity index (χ1v) is 5.24. The van der Waals surface area contributed by atoms with Crippen LogP contribution in [0.5, 0.6) is 0 Å². The second kappa shape index (κ2) is 7.56. The van der Waals surface area contributed by atoms with Crippen molar-refractivity contribution in [2.45, 2.75) is 33.6 Å². The SMILES string of the molecule is CCCN(CC=C(C)C(=O)O)CCC. The number of carbonyl (C=O) groups is 1. The molecule has 0 radical (unpaired) electrons. The van der Waals surface area contributed by atoms with E-state index in [4.69, 9.17) is 5.11 Å². The summed E-state index contributed by atoms with van der Waals surface area (Å²) >= 11 is 0. The number of aliphatic carboxylic acids is 1. The van der Waals surface area contributed by atoms with Gasteiger partial charge in [0.1, 0.15) is 0 Å². The van der Waals surface area contributed by atoms with Gasteiger partial charge in [-0.3, -0.25) is 4.90 Å². The minimum absolute atomic E-state index is 0.433. The molecule has 0 atom stereocenters. The van der Waals surface area contributed by atoms with Crippen LogP contribution in [0.1, 0.15) is 33.6 Å². The summed E-state index contributed by atoms with van der Waals surface area (Å²) < 4.78 is 0. The highest BCUT2D eigenvalue weighted by atomic mass is 16.4. The van der Waals surface area contributed by atoms with Gasteiger partial charge in [0.05, 0.1) is 0 Å². The lowest BCUT2D eigenvalue weighted by molar-refractivity contribution is -0.132. The van der Waals surface area contributed by atoms with E-state index in [1.807, 2.05) is 0 Å². The first kappa shape index (κ1) is 13.2. The highest BCUT2D eigenvalue weighted by Crippen LogP contribution is 1.98. The molecule has 0 fully saturated rings. The van der Waals surface area contributed by atoms with Crippen molar-refractivity contribution in [1.82, 2.24) is 4.90 Å². The van der Waals surface area contributed by atoms with E-state index >= 15 is 0 Å². The van der Waals surface area contributed by atoms with Crippen LogP contribution in [-0.4, -0.2) is 35.6 Å². The third-order valence-corrected chi connectivity index (χ3v) is 2.07. The van der Waals surface area contributed by atoms with Crippen molar-refractivity contribution >= 4 is 5.97 Å². The minimum atomic E-state index is -0.821. The van der Waals surface area contributed by atoms with Crippen molar-refractivity contribution in [3.8, 4) is 0 Å². The molecule has 0 heterocycles. The summed E-state index contributed by atoms with van der Waals surface area (Å²) in [5, 5.41) is 8.67. The van der Waals surface area contributed by atoms with Crippen LogP contribution in [0, 0.1) is 0 Å². The zero-order valence-electron chi connectivity index (χ0n) is 9.42. The molecule has 0 unspecified atom stereocenters. The number of rotatable bonds is 7. The fourth-order valence-electron chi connectivity index (χ4n) is 1.28. The molecule has 0 aromatic carbocycles. The Morgan fingerprint density at radius 1 is 1.29 bits per heavy atom. The number of hydrogen-bond acceptors (Lipinski definition) is 2. The molecule has 0 spiro atoms. The summed E-state index contributed by atoms with van der Waals surface area (Å²) in [5.41, 5.74) is 0.433. The number of carboxylic acids is 1. The van der Waals surface area contributed by atoms with Crippen LogP contribution in [-0.2, 0) is 4.79 Å². The summed E-state index contributed by atoms with van der Waals surface area (Å²) in [4.78, 5) is 12.8. The zero-order valence-corrected chi connectivity index (χ0v) is 9.42. The van der Waals surface area contributed by atoms with E-state index in [2.05, 4.69) is 18.7 Å². The summed E-state index contributed by atoms with van der Waals surface area (Å²) in [6, 6.07) is 0. The normalized spacial score (nSPS) is 12.1. The van der Waals surface area contributed by atoms with E-state index in [0.29, 0.717) is 5.57 Å². The monoisotopic (exact) mass is 199 g/mol. The Labute approximate surface area is 86.4 Å². The largest absolute Gasteiger partial charge is 0.478 e. The van der Waals surface area contributed by atoms with Crippen molar-refractivity contribution < 1.29 is 9.90 Å². The molecule has 14 heavy (non-hydrogen) atoms. The van der Waals surface area contributed by atoms with Gasteiger partial charge in [-0.2, -0.15) is 0 Å². The van der Waals surface area contributed by atoms with E-state index < -0.39 is 5.97 Å². The Hall–Kier alpha value is -0.830. The van der Waals surface area contributed by atoms with Crippen LogP contribution in [0.3, 0.4) is 0 Å². The predicted molar refractivity (Wildman–Crippen MR) is 58.4 cm³/mol. The van der Waals surface area contributed by atoms with Gasteiger partial charge in [-0.05, 0) is 32.9 Å². The van der Waals surface area contributed by atoms with Gasteiger partial charge in [-0.1, -0.05) is 19.9 Å². The Kier molecular flexibility index (Phi) is 7.11. The Morgan fingerprint density at radius 3 is 2.14 bits per heavy atom. The molecule has 0 rings (SSSR count). The summed E-state index contributed by atoms with van der Waals surface area (Å²) in [6.45, 7) is 8.74. The smallest absolute Gasteiger partial charge is 0.330 e. The molecule has 0 aliphatic rings. The van der Waals surface area contributed by atoms with Crippen molar-refractivity contribution in [2.24, 2.45) is 0 Å². The van der Waals surface area contributed by atoms with Crippen LogP contribution in [0.15, 0.2) is 11.6 Å². The second-order valence-corrected chi connectivity index (χ2v) is 3.49. The topological polar surface area (TPSA) is 40.5 Å². The molecule has 0 saturated carbocycles. The average molecular weight is 199 g/mol. The molecule has 0 aromatic heterocycles. The maximum Gasteiger partial charge on any atom is 0.330 e. The van der Waals surface area contributed by atoms with E-state index in [1.54, 1.807) is 13.0 Å². The van der Waals surface area contributed by atoms with Gasteiger partial charge < -0.3 is 5.11 Å². The lowest BCUT2D eigenvalue weighted by Gasteiger charge is -2.18. The van der Waals surface area contributed by atoms with Gasteiger partial charge in [-0.15, -0.1) is 0 Å². The van der Waals surface area contributed by atoms with Gasteiger partial charge in [0, 0.05) is 12.1 Å². The van der Waals surface area contributed by atoms with Crippen LogP contribution < -0.4 is 0 Å². The van der Waals surface area contributed by atoms with Crippen molar-refractivity contribution in [1.29, 1.82) is 0 Å². The van der Waals surface area contributed by atoms with E-state index in [1.165, 1.54) is 0 Å². The lowest BCUT2D eigenvalue weighted by atomic mass is 10.2. The molecule has 1 N–H and O–H groups in total. The number of nitrogens with zero attached hydrogens (tertiary/aromatic N) is 1. The van der Waals surface area contributed by atoms with Crippen molar-refractivity contribution in [3.05, 3.63) is 11.6 Å². The highest BCUT2D eigenvalue weighted by Gasteiger charge is 2.02. The second-order valence-electron chi connectivity index (χ2n) is 3.49. The average Bonchev–Trinajstić information content (AvgIpc) is 2.14. The van der Waals surface area contributed by atoms with Crippen LogP contribution in [0.2, 0.25) is 0 Å². The molecule has 0 aliphatic heterocycles. The summed E-state index contributed by atoms with van der Waals surface area (Å²) in [6.07, 6.45) is 4.01. The molecule has 3 nitrogen and oxygen atoms in total. The van der Waals surface area contributed by atoms with Crippen LogP contribution in [0.4, 0.5) is 0 Å². The highest BCUT2D eigenvalue weighted by molar-refractivity contribution is 5.85. The third kappa shape index (κ3) is 5.75. The minimum Gasteiger partial charge on any atom is -0.478 e. The zero-order chi connectivity index (χ0) is 11.0. The number of hydrogen-bond donors (Lipinski definition) is 1. The van der Waals surface area contributed by atoms with Gasteiger partial charge in [-0.25, -0.2) is 4.79 Å². The standard InChI is InChI=1S/C11H21NO2/c1-4-7-12(8-5-2)9-6-10(3)11(13)14/h6H,4-5,7-9H2,1-3H3,(H,13,14). The molecule has 82 valence electrons. The molecule has 0 bridgehead atoms. The van der Waals surface area contributed by atoms with E-state index in [9.17, 15) is 4.79 Å². The number of carboxylic acid groups (broad SMARTS) is 1. The fourth-order valence-corrected chi connectivity index (χ4v) is 1.28. The Balaban J connectivity index is 4.02. The lowest BCUT2D eigenvalue weighted by Crippen LogP contribution is -2.25. The Bertz CT molecular complexity index is 193. The molecule has 0 amide bonds. The van der Waals surface area contributed by atoms with Crippen molar-refractivity contribution in [3.63, 3.8) is 0 Å². The van der Waals surface area contributed by atoms with E-state index in [-0.39, 0.29) is 0 Å². The third-order valence-electron chi connectivity index (χ3n) is 2.07. The molecule has 0 aliphatic carbocycles. The predicted octanol–water partition coefficient (Wildman–Crippen LogP) is 2.14. The van der Waals surface area contributed by atoms with Gasteiger partial charge in [0.25, 0.3) is 0 Å². The maximum absolute atomic E-state index is 10.5. The van der Waals surface area contributed by atoms with Gasteiger partial charge in [0.2, 0.25) is 0 Å². The van der Waals surface area contributed by atoms with Gasteiger partial charge >= 0.3 is 5.97 Å². The first-order valence-electron chi connectivity index (χ1n) is 5.24. The van der Waals surface area contributed by atoms with Crippen LogP contribution >= 0.6 is 0 Å². The Morgan fingerprint density at radius 2 is 1.79 bits per heavy atom. The van der Waals surface area contributed by atoms with E-state index in [0.717, 1.165) is 32.5 Å². The quantitative estimate of drug-likeness (QED) is 0.639. The molecule has 3 heteroatoms. The molecule has 0 saturated heterocycles. The maximum atomic E-state index is 10.5. The summed E-state index contributed by atoms with van der Waals surface area (Å²) in [5.74, 6) is -0.821. The fraction of sp³-hybridized carbons (Fsp3) is 0.727. The molecule has 0 aromatic rings. The van der Waals surface area contributed by atoms with Crippen LogP contribution in [0.25, 0.3) is 0 Å².